The number of rotatable bonds is 11. The number of hydrogen-bond donors (Lipinski definition) is 3. The lowest BCUT2D eigenvalue weighted by atomic mass is 10.0. The van der Waals surface area contributed by atoms with E-state index in [1.165, 1.54) is 11.8 Å². The van der Waals surface area contributed by atoms with E-state index in [2.05, 4.69) is 15.5 Å². The molecule has 0 saturated carbocycles. The summed E-state index contributed by atoms with van der Waals surface area (Å²) >= 11 is 2.28. The van der Waals surface area contributed by atoms with Crippen molar-refractivity contribution in [3.63, 3.8) is 0 Å². The number of carboxylic acid groups (broad SMARTS) is 2. The Hall–Kier alpha value is -3.85. The van der Waals surface area contributed by atoms with Gasteiger partial charge < -0.3 is 24.7 Å². The van der Waals surface area contributed by atoms with Crippen molar-refractivity contribution in [3.05, 3.63) is 53.1 Å². The van der Waals surface area contributed by atoms with Gasteiger partial charge in [-0.1, -0.05) is 42.1 Å². The van der Waals surface area contributed by atoms with Gasteiger partial charge in [0.1, 0.15) is 23.5 Å². The SMILES string of the molecule is O=COC(C(=O)NC1C(=O)N2C(C(=O)O)=C(CSc3nnc(CC(=O)O)o3)CS[C@@H]12)c1ccccc1. The molecule has 3 atom stereocenters. The summed E-state index contributed by atoms with van der Waals surface area (Å²) in [6, 6.07) is 7.27. The first-order valence-electron chi connectivity index (χ1n) is 10.3. The number of carbonyl (C=O) groups is 5. The molecule has 36 heavy (non-hydrogen) atoms. The number of hydrogen-bond acceptors (Lipinski definition) is 11. The normalized spacial score (nSPS) is 19.7. The van der Waals surface area contributed by atoms with Gasteiger partial charge in [-0.25, -0.2) is 4.79 Å². The predicted octanol–water partition coefficient (Wildman–Crippen LogP) is 0.442. The van der Waals surface area contributed by atoms with Crippen LogP contribution in [0.2, 0.25) is 0 Å². The van der Waals surface area contributed by atoms with Gasteiger partial charge in [-0.3, -0.25) is 24.1 Å². The Labute approximate surface area is 211 Å². The van der Waals surface area contributed by atoms with Crippen LogP contribution in [0, 0.1) is 0 Å². The number of nitrogens with one attached hydrogen (secondary N) is 1. The van der Waals surface area contributed by atoms with Crippen molar-refractivity contribution in [1.82, 2.24) is 20.4 Å². The maximum absolute atomic E-state index is 12.9. The summed E-state index contributed by atoms with van der Waals surface area (Å²) in [5.74, 6) is -3.48. The van der Waals surface area contributed by atoms with Crippen LogP contribution in [0.25, 0.3) is 0 Å². The van der Waals surface area contributed by atoms with Crippen molar-refractivity contribution in [2.45, 2.75) is 29.2 Å². The predicted molar refractivity (Wildman–Crippen MR) is 122 cm³/mol. The monoisotopic (exact) mass is 534 g/mol. The minimum atomic E-state index is -1.31. The minimum Gasteiger partial charge on any atom is -0.481 e. The second kappa shape index (κ2) is 10.8. The first-order chi connectivity index (χ1) is 17.3. The molecule has 15 heteroatoms. The van der Waals surface area contributed by atoms with Gasteiger partial charge in [0.2, 0.25) is 12.0 Å². The molecule has 2 unspecified atom stereocenters. The van der Waals surface area contributed by atoms with Crippen molar-refractivity contribution in [1.29, 1.82) is 0 Å². The topological polar surface area (TPSA) is 189 Å². The standard InChI is InChI=1S/C21H18N4O9S2/c26-9-33-16(10-4-2-1-3-5-10)17(29)22-14-18(30)25-15(20(31)32)11(7-35-19(14)25)8-36-21-24-23-12(34-21)6-13(27)28/h1-5,9,14,16,19H,6-8H2,(H,22,29)(H,27,28)(H,31,32)/t14?,16?,19-/m0/s1. The highest BCUT2D eigenvalue weighted by Crippen LogP contribution is 2.41. The van der Waals surface area contributed by atoms with Crippen LogP contribution < -0.4 is 5.32 Å². The fourth-order valence-corrected chi connectivity index (χ4v) is 5.91. The average molecular weight is 535 g/mol. The second-order valence-corrected chi connectivity index (χ2v) is 9.53. The van der Waals surface area contributed by atoms with Crippen molar-refractivity contribution in [2.24, 2.45) is 0 Å². The number of benzene rings is 1. The van der Waals surface area contributed by atoms with E-state index in [0.29, 0.717) is 11.1 Å². The molecule has 0 bridgehead atoms. The van der Waals surface area contributed by atoms with E-state index in [4.69, 9.17) is 14.3 Å². The summed E-state index contributed by atoms with van der Waals surface area (Å²) in [6.07, 6.45) is -1.70. The van der Waals surface area contributed by atoms with Gasteiger partial charge in [0.15, 0.2) is 0 Å². The van der Waals surface area contributed by atoms with Crippen LogP contribution in [0.5, 0.6) is 0 Å². The van der Waals surface area contributed by atoms with Crippen LogP contribution in [-0.2, 0) is 35.1 Å². The molecule has 0 radical (unpaired) electrons. The van der Waals surface area contributed by atoms with Gasteiger partial charge in [0.25, 0.3) is 23.5 Å². The Kier molecular flexibility index (Phi) is 7.59. The molecular weight excluding hydrogens is 516 g/mol. The summed E-state index contributed by atoms with van der Waals surface area (Å²) in [6.45, 7) is 0.144. The van der Waals surface area contributed by atoms with Crippen LogP contribution in [0.4, 0.5) is 0 Å². The molecule has 1 aromatic carbocycles. The third kappa shape index (κ3) is 5.21. The highest BCUT2D eigenvalue weighted by molar-refractivity contribution is 8.01. The number of aliphatic carboxylic acids is 2. The molecule has 2 amide bonds. The van der Waals surface area contributed by atoms with Crippen LogP contribution in [0.15, 0.2) is 51.2 Å². The number of fused-ring (bicyclic) bond motifs is 1. The molecule has 2 aromatic rings. The molecule has 3 heterocycles. The fraction of sp³-hybridized carbons (Fsp3) is 0.286. The number of carboxylic acids is 2. The van der Waals surface area contributed by atoms with Crippen LogP contribution in [0.1, 0.15) is 17.6 Å². The van der Waals surface area contributed by atoms with Gasteiger partial charge in [-0.15, -0.1) is 22.0 Å². The van der Waals surface area contributed by atoms with Gasteiger partial charge in [-0.05, 0) is 5.57 Å². The first kappa shape index (κ1) is 25.2. The molecule has 2 aliphatic heterocycles. The van der Waals surface area contributed by atoms with E-state index in [1.54, 1.807) is 30.3 Å². The van der Waals surface area contributed by atoms with Crippen molar-refractivity contribution >= 4 is 53.7 Å². The summed E-state index contributed by atoms with van der Waals surface area (Å²) < 4.78 is 10.1. The van der Waals surface area contributed by atoms with Gasteiger partial charge in [0, 0.05) is 17.1 Å². The molecule has 1 aromatic heterocycles. The maximum atomic E-state index is 12.9. The number of aromatic nitrogens is 2. The van der Waals surface area contributed by atoms with E-state index < -0.39 is 47.7 Å². The average Bonchev–Trinajstić information content (AvgIpc) is 3.30. The molecule has 13 nitrogen and oxygen atoms in total. The molecule has 0 aliphatic carbocycles. The zero-order chi connectivity index (χ0) is 25.8. The van der Waals surface area contributed by atoms with Gasteiger partial charge in [0.05, 0.1) is 0 Å². The Morgan fingerprint density at radius 3 is 2.69 bits per heavy atom. The first-order valence-corrected chi connectivity index (χ1v) is 12.3. The maximum Gasteiger partial charge on any atom is 0.352 e. The zero-order valence-electron chi connectivity index (χ0n) is 18.2. The number of carbonyl (C=O) groups excluding carboxylic acids is 3. The number of ether oxygens (including phenoxy) is 1. The van der Waals surface area contributed by atoms with E-state index in [-0.39, 0.29) is 34.8 Å². The lowest BCUT2D eigenvalue weighted by Crippen LogP contribution is -2.71. The Balaban J connectivity index is 1.45. The molecule has 1 fully saturated rings. The van der Waals surface area contributed by atoms with Crippen molar-refractivity contribution in [3.8, 4) is 0 Å². The molecule has 188 valence electrons. The molecule has 4 rings (SSSR count). The van der Waals surface area contributed by atoms with E-state index >= 15 is 0 Å². The second-order valence-electron chi connectivity index (χ2n) is 7.50. The lowest BCUT2D eigenvalue weighted by Gasteiger charge is -2.49. The molecule has 2 aliphatic rings. The van der Waals surface area contributed by atoms with Gasteiger partial charge >= 0.3 is 11.9 Å². The van der Waals surface area contributed by atoms with E-state index in [9.17, 15) is 29.1 Å². The van der Waals surface area contributed by atoms with Crippen LogP contribution in [-0.4, -0.2) is 78.5 Å². The Morgan fingerprint density at radius 2 is 2.03 bits per heavy atom. The lowest BCUT2D eigenvalue weighted by molar-refractivity contribution is -0.154. The fourth-order valence-electron chi connectivity index (χ4n) is 3.64. The molecule has 3 N–H and O–H groups in total. The van der Waals surface area contributed by atoms with Crippen LogP contribution in [0.3, 0.4) is 0 Å². The largest absolute Gasteiger partial charge is 0.481 e. The molecule has 1 saturated heterocycles. The summed E-state index contributed by atoms with van der Waals surface area (Å²) in [4.78, 5) is 60.5. The number of nitrogens with zero attached hydrogens (tertiary/aromatic N) is 3. The smallest absolute Gasteiger partial charge is 0.352 e. The van der Waals surface area contributed by atoms with Crippen LogP contribution >= 0.6 is 23.5 Å². The minimum absolute atomic E-state index is 0.0674. The molecule has 0 spiro atoms. The third-order valence-electron chi connectivity index (χ3n) is 5.20. The Morgan fingerprint density at radius 1 is 1.28 bits per heavy atom. The summed E-state index contributed by atoms with van der Waals surface area (Å²) in [7, 11) is 0. The van der Waals surface area contributed by atoms with E-state index in [0.717, 1.165) is 16.7 Å². The van der Waals surface area contributed by atoms with Gasteiger partial charge in [-0.2, -0.15) is 0 Å². The number of amides is 2. The Bertz CT molecular complexity index is 1230. The number of β-lactam (4-membered cyclic amide) rings is 1. The summed E-state index contributed by atoms with van der Waals surface area (Å²) in [5.41, 5.74) is 0.645. The quantitative estimate of drug-likeness (QED) is 0.205. The number of thioether (sulfide) groups is 2. The highest BCUT2D eigenvalue weighted by Gasteiger charge is 2.54. The van der Waals surface area contributed by atoms with Crippen molar-refractivity contribution in [2.75, 3.05) is 11.5 Å². The van der Waals surface area contributed by atoms with E-state index in [1.807, 2.05) is 0 Å². The third-order valence-corrected chi connectivity index (χ3v) is 7.44. The molecular formula is C21H18N4O9S2. The summed E-state index contributed by atoms with van der Waals surface area (Å²) in [5, 5.41) is 27.9. The van der Waals surface area contributed by atoms with Crippen molar-refractivity contribution < 1.29 is 43.3 Å². The highest BCUT2D eigenvalue weighted by atomic mass is 32.2. The zero-order valence-corrected chi connectivity index (χ0v) is 19.9.